The Labute approximate surface area is 580 Å². The van der Waals surface area contributed by atoms with Gasteiger partial charge in [0.2, 0.25) is 17.7 Å². The smallest absolute Gasteiger partial charge is 0.293 e. The fourth-order valence-electron chi connectivity index (χ4n) is 13.5. The number of halogens is 2. The summed E-state index contributed by atoms with van der Waals surface area (Å²) in [6.45, 7) is 16.9. The molecule has 98 heavy (non-hydrogen) atoms. The highest BCUT2D eigenvalue weighted by Gasteiger charge is 2.46. The van der Waals surface area contributed by atoms with E-state index in [0.29, 0.717) is 107 Å². The second-order valence-corrected chi connectivity index (χ2v) is 28.0. The van der Waals surface area contributed by atoms with Gasteiger partial charge < -0.3 is 44.4 Å². The lowest BCUT2D eigenvalue weighted by atomic mass is 9.72. The van der Waals surface area contributed by atoms with Gasteiger partial charge in [-0.1, -0.05) is 49.2 Å². The second-order valence-electron chi connectivity index (χ2n) is 25.9. The van der Waals surface area contributed by atoms with E-state index in [-0.39, 0.29) is 53.0 Å². The van der Waals surface area contributed by atoms with E-state index in [0.717, 1.165) is 112 Å². The van der Waals surface area contributed by atoms with E-state index in [4.69, 9.17) is 35.5 Å². The lowest BCUT2D eigenvalue weighted by molar-refractivity contribution is -0.384. The van der Waals surface area contributed by atoms with Crippen LogP contribution in [-0.4, -0.2) is 216 Å². The minimum atomic E-state index is -4.65. The van der Waals surface area contributed by atoms with Crippen molar-refractivity contribution in [3.05, 3.63) is 140 Å². The molecule has 1 aliphatic carbocycles. The van der Waals surface area contributed by atoms with E-state index >= 15 is 0 Å². The number of carbonyl (C=O) groups is 5. The number of H-pyrrole nitrogens is 1. The number of piperidine rings is 1. The van der Waals surface area contributed by atoms with Crippen molar-refractivity contribution in [1.82, 2.24) is 39.6 Å². The van der Waals surface area contributed by atoms with Crippen LogP contribution >= 0.6 is 24.0 Å². The maximum Gasteiger partial charge on any atom is 0.293 e. The van der Waals surface area contributed by atoms with Crippen LogP contribution in [0.25, 0.3) is 16.6 Å². The molecule has 0 bridgehead atoms. The van der Waals surface area contributed by atoms with E-state index in [1.165, 1.54) is 28.8 Å². The monoisotopic (exact) mass is 1400 g/mol. The quantitative estimate of drug-likeness (QED) is 0.0141. The Morgan fingerprint density at radius 3 is 2.23 bits per heavy atom. The van der Waals surface area contributed by atoms with Gasteiger partial charge in [-0.25, -0.2) is 13.1 Å². The lowest BCUT2D eigenvalue weighted by Gasteiger charge is -2.39. The fraction of sp³-hybridized carbons (Fsp3) is 0.449. The number of anilines is 5. The first-order valence-corrected chi connectivity index (χ1v) is 35.0. The largest absolute Gasteiger partial charge is 0.476 e. The molecule has 12 rings (SSSR count). The first-order chi connectivity index (χ1) is 46.9. The molecule has 2 aromatic heterocycles. The molecule has 26 nitrogen and oxygen atoms in total. The number of piperazine rings is 2. The summed E-state index contributed by atoms with van der Waals surface area (Å²) in [5.74, 6) is -2.78. The van der Waals surface area contributed by atoms with Crippen LogP contribution in [-0.2, 0) is 33.8 Å². The molecule has 4 aromatic carbocycles. The number of nitro benzene ring substituents is 1. The summed E-state index contributed by atoms with van der Waals surface area (Å²) in [7, 11) is -4.65. The fourth-order valence-corrected chi connectivity index (χ4v) is 14.6. The summed E-state index contributed by atoms with van der Waals surface area (Å²) in [5, 5.41) is 22.6. The van der Waals surface area contributed by atoms with Crippen molar-refractivity contribution >= 4 is 114 Å². The molecule has 5 aliphatic heterocycles. The van der Waals surface area contributed by atoms with Crippen LogP contribution < -0.4 is 35.2 Å². The molecule has 0 saturated carbocycles. The number of hydrogen-bond acceptors (Lipinski definition) is 21. The number of fused-ring (bicyclic) bond motifs is 3. The van der Waals surface area contributed by atoms with Crippen molar-refractivity contribution in [3.63, 3.8) is 0 Å². The lowest BCUT2D eigenvalue weighted by Crippen LogP contribution is -2.54. The number of aromatic nitrogens is 2. The van der Waals surface area contributed by atoms with E-state index in [1.807, 2.05) is 41.3 Å². The highest BCUT2D eigenvalue weighted by Crippen LogP contribution is 2.45. The zero-order valence-electron chi connectivity index (χ0n) is 55.0. The molecule has 0 radical (unpaired) electrons. The third kappa shape index (κ3) is 16.7. The number of hydrogen-bond donors (Lipinski definition) is 5. The summed E-state index contributed by atoms with van der Waals surface area (Å²) >= 11 is 6.31. The number of nitrogens with one attached hydrogen (secondary N) is 5. The zero-order chi connectivity index (χ0) is 67.8. The van der Waals surface area contributed by atoms with Gasteiger partial charge in [0.05, 0.1) is 78.4 Å². The predicted molar refractivity (Wildman–Crippen MR) is 375 cm³/mol. The highest BCUT2D eigenvalue weighted by molar-refractivity contribution is 7.90. The average molecular weight is 1410 g/mol. The number of nitrogens with zero attached hydrogens (tertiary/aromatic N) is 8. The van der Waals surface area contributed by atoms with Crippen LogP contribution in [0.4, 0.5) is 34.1 Å². The Morgan fingerprint density at radius 2 is 1.49 bits per heavy atom. The number of imide groups is 2. The SMILES string of the molecule is CC1(C)CCC(CN2CCN(c3ccc(C(=O)NS(=O)(=O)c4ccc(NCCN5CCN(CCOCCOCCOCCNc6cccc7c6C(=O)N(C6CCC(=O)NC6=O)C7=O)CC5)c([N+](=O)[O-])c4)c(N4CCCOc5nc6[nH]ccc6cc54)c3)CC2)=C(c2ccc(Cl)cc2)C1.Cl. The number of rotatable bonds is 27. The molecule has 1 unspecified atom stereocenters. The van der Waals surface area contributed by atoms with E-state index < -0.39 is 61.1 Å². The van der Waals surface area contributed by atoms with Crippen LogP contribution in [0, 0.1) is 15.5 Å². The molecule has 522 valence electrons. The number of aromatic amines is 1. The highest BCUT2D eigenvalue weighted by atomic mass is 35.5. The van der Waals surface area contributed by atoms with Crippen molar-refractivity contribution in [1.29, 1.82) is 0 Å². The Bertz CT molecular complexity index is 4080. The number of nitro groups is 1. The van der Waals surface area contributed by atoms with Gasteiger partial charge in [-0.3, -0.25) is 59.0 Å². The van der Waals surface area contributed by atoms with Crippen molar-refractivity contribution in [2.24, 2.45) is 5.41 Å². The molecule has 29 heteroatoms. The van der Waals surface area contributed by atoms with Gasteiger partial charge in [0, 0.05) is 132 Å². The normalized spacial score (nSPS) is 18.6. The molecule has 3 saturated heterocycles. The summed E-state index contributed by atoms with van der Waals surface area (Å²) in [4.78, 5) is 96.8. The molecular formula is C69H83Cl2N13O13S. The Kier molecular flexibility index (Phi) is 23.0. The molecule has 6 aliphatic rings. The minimum Gasteiger partial charge on any atom is -0.476 e. The predicted octanol–water partition coefficient (Wildman–Crippen LogP) is 7.96. The average Bonchev–Trinajstić information content (AvgIpc) is 1.56. The van der Waals surface area contributed by atoms with Gasteiger partial charge >= 0.3 is 0 Å². The number of pyridine rings is 1. The molecule has 3 fully saturated rings. The Balaban J connectivity index is 0.00000972. The van der Waals surface area contributed by atoms with Crippen molar-refractivity contribution in [2.75, 3.05) is 158 Å². The van der Waals surface area contributed by atoms with Crippen molar-refractivity contribution in [2.45, 2.75) is 63.3 Å². The molecule has 5 amide bonds. The molecule has 0 spiro atoms. The van der Waals surface area contributed by atoms with Crippen LogP contribution in [0.3, 0.4) is 0 Å². The number of allylic oxidation sites excluding steroid dienone is 1. The summed E-state index contributed by atoms with van der Waals surface area (Å²) in [6.07, 6.45) is 5.64. The second kappa shape index (κ2) is 31.7. The number of sulfonamides is 1. The molecular weight excluding hydrogens is 1320 g/mol. The van der Waals surface area contributed by atoms with Crippen molar-refractivity contribution in [3.8, 4) is 5.88 Å². The molecule has 7 heterocycles. The number of carbonyl (C=O) groups excluding carboxylic acids is 5. The molecule has 6 aromatic rings. The van der Waals surface area contributed by atoms with E-state index in [1.54, 1.807) is 30.5 Å². The summed E-state index contributed by atoms with van der Waals surface area (Å²) in [5.41, 5.74) is 7.50. The third-order valence-electron chi connectivity index (χ3n) is 18.8. The third-order valence-corrected chi connectivity index (χ3v) is 20.4. The van der Waals surface area contributed by atoms with Gasteiger partial charge in [-0.2, -0.15) is 4.98 Å². The molecule has 1 atom stereocenters. The topological polar surface area (TPSA) is 296 Å². The number of benzene rings is 4. The first kappa shape index (κ1) is 71.0. The minimum absolute atomic E-state index is 0. The van der Waals surface area contributed by atoms with Gasteiger partial charge in [-0.15, -0.1) is 12.4 Å². The maximum absolute atomic E-state index is 14.6. The summed E-state index contributed by atoms with van der Waals surface area (Å²) < 4.78 is 54.1. The first-order valence-electron chi connectivity index (χ1n) is 33.2. The van der Waals surface area contributed by atoms with Crippen LogP contribution in [0.2, 0.25) is 5.02 Å². The van der Waals surface area contributed by atoms with Crippen LogP contribution in [0.15, 0.2) is 108 Å². The summed E-state index contributed by atoms with van der Waals surface area (Å²) in [6, 6.07) is 24.9. The van der Waals surface area contributed by atoms with Gasteiger partial charge in [0.25, 0.3) is 33.4 Å². The standard InChI is InChI=1S/C69H82ClN13O13S.ClH/c1-69(2)19-17-48(54(44-69)46-7-9-49(70)10-8-46)45-79-29-31-80(32-30-79)50-11-13-52(58(42-50)81-23-4-34-96-66-60(81)41-47-18-20-73-63(47)75-66)64(85)76-97(91,92)51-12-14-55(59(43-51)83(89)90)71-21-24-77-25-27-78(28-26-77)33-36-94-38-40-95-39-37-93-35-22-72-56-6-3-5-53-62(56)68(88)82(67(53)87)57-15-16-61(84)74-65(57)86;/h3,5-14,18,20,41-43,57,71-72H,4,15-17,19,21-40,44-45H2,1-2H3,(H,73,75)(H,76,85)(H,74,84,86);1H. The number of ether oxygens (including phenoxy) is 4. The Morgan fingerprint density at radius 1 is 0.776 bits per heavy atom. The van der Waals surface area contributed by atoms with Gasteiger partial charge in [-0.05, 0) is 115 Å². The van der Waals surface area contributed by atoms with Crippen LogP contribution in [0.1, 0.15) is 89.0 Å². The van der Waals surface area contributed by atoms with Crippen molar-refractivity contribution < 1.29 is 56.3 Å². The van der Waals surface area contributed by atoms with Gasteiger partial charge in [0.1, 0.15) is 23.1 Å². The zero-order valence-corrected chi connectivity index (χ0v) is 57.4. The van der Waals surface area contributed by atoms with E-state index in [2.05, 4.69) is 71.2 Å². The number of amides is 5. The van der Waals surface area contributed by atoms with E-state index in [9.17, 15) is 42.5 Å². The Hall–Kier alpha value is -8.25. The van der Waals surface area contributed by atoms with Crippen LogP contribution in [0.5, 0.6) is 5.88 Å². The molecule has 5 N–H and O–H groups in total. The maximum atomic E-state index is 14.6. The van der Waals surface area contributed by atoms with Gasteiger partial charge in [0.15, 0.2) is 0 Å².